The molecule has 27 heavy (non-hydrogen) atoms. The molecule has 1 N–H and O–H groups in total. The lowest BCUT2D eigenvalue weighted by Crippen LogP contribution is -2.44. The fraction of sp³-hybridized carbons (Fsp3) is 0.421. The number of aromatic nitrogens is 4. The highest BCUT2D eigenvalue weighted by Crippen LogP contribution is 2.18. The number of aryl methyl sites for hydroxylation is 3. The summed E-state index contributed by atoms with van der Waals surface area (Å²) < 4.78 is 4.57. The second kappa shape index (κ2) is 6.70. The Labute approximate surface area is 156 Å². The van der Waals surface area contributed by atoms with Gasteiger partial charge in [0, 0.05) is 40.3 Å². The molecule has 142 valence electrons. The minimum atomic E-state index is -0.349. The van der Waals surface area contributed by atoms with Crippen molar-refractivity contribution in [2.75, 3.05) is 31.1 Å². The van der Waals surface area contributed by atoms with Crippen LogP contribution in [0.15, 0.2) is 33.9 Å². The zero-order valence-electron chi connectivity index (χ0n) is 15.9. The summed E-state index contributed by atoms with van der Waals surface area (Å²) in [4.78, 5) is 32.7. The molecule has 0 atom stereocenters. The fourth-order valence-corrected chi connectivity index (χ4v) is 3.60. The van der Waals surface area contributed by atoms with Gasteiger partial charge in [0.05, 0.1) is 6.54 Å². The van der Waals surface area contributed by atoms with Gasteiger partial charge in [-0.3, -0.25) is 13.9 Å². The van der Waals surface area contributed by atoms with Crippen LogP contribution < -0.4 is 21.5 Å². The molecule has 3 heterocycles. The maximum Gasteiger partial charge on any atom is 0.332 e. The quantitative estimate of drug-likeness (QED) is 0.715. The lowest BCUT2D eigenvalue weighted by Gasteiger charge is -2.28. The number of imidazole rings is 1. The number of fused-ring (bicyclic) bond motifs is 1. The van der Waals surface area contributed by atoms with E-state index < -0.39 is 0 Å². The normalized spacial score (nSPS) is 14.9. The predicted molar refractivity (Wildman–Crippen MR) is 106 cm³/mol. The van der Waals surface area contributed by atoms with Crippen molar-refractivity contribution in [3.8, 4) is 0 Å². The lowest BCUT2D eigenvalue weighted by atomic mass is 10.1. The van der Waals surface area contributed by atoms with Gasteiger partial charge in [-0.15, -0.1) is 0 Å². The van der Waals surface area contributed by atoms with Gasteiger partial charge in [-0.2, -0.15) is 4.98 Å². The first-order valence-corrected chi connectivity index (χ1v) is 9.15. The smallest absolute Gasteiger partial charge is 0.332 e. The van der Waals surface area contributed by atoms with Gasteiger partial charge in [-0.1, -0.05) is 29.8 Å². The first-order valence-electron chi connectivity index (χ1n) is 9.15. The van der Waals surface area contributed by atoms with Crippen LogP contribution in [-0.4, -0.2) is 44.9 Å². The van der Waals surface area contributed by atoms with Crippen molar-refractivity contribution >= 4 is 17.1 Å². The highest BCUT2D eigenvalue weighted by molar-refractivity contribution is 5.74. The number of rotatable bonds is 3. The minimum absolute atomic E-state index is 0.246. The Morgan fingerprint density at radius 1 is 1.04 bits per heavy atom. The SMILES string of the molecule is Cc1ccc(Cn2c(=O)c3c(nc(N4CCNCC4)n3C)n(C)c2=O)cc1. The van der Waals surface area contributed by atoms with Gasteiger partial charge in [0.1, 0.15) is 0 Å². The standard InChI is InChI=1S/C19H24N6O2/c1-13-4-6-14(7-5-13)12-25-17(26)15-16(23(3)19(25)27)21-18(22(15)2)24-10-8-20-9-11-24/h4-7,20H,8-12H2,1-3H3. The Hall–Kier alpha value is -2.87. The van der Waals surface area contributed by atoms with E-state index in [-0.39, 0.29) is 17.8 Å². The van der Waals surface area contributed by atoms with Crippen LogP contribution in [0.25, 0.3) is 11.2 Å². The van der Waals surface area contributed by atoms with Gasteiger partial charge >= 0.3 is 5.69 Å². The topological polar surface area (TPSA) is 77.1 Å². The molecule has 1 aliphatic heterocycles. The largest absolute Gasteiger partial charge is 0.340 e. The molecule has 0 bridgehead atoms. The van der Waals surface area contributed by atoms with Gasteiger partial charge in [0.25, 0.3) is 5.56 Å². The number of anilines is 1. The third-order valence-corrected chi connectivity index (χ3v) is 5.20. The van der Waals surface area contributed by atoms with Gasteiger partial charge in [0.2, 0.25) is 5.95 Å². The third kappa shape index (κ3) is 2.95. The Morgan fingerprint density at radius 2 is 1.70 bits per heavy atom. The monoisotopic (exact) mass is 368 g/mol. The molecule has 8 heteroatoms. The summed E-state index contributed by atoms with van der Waals surface area (Å²) in [7, 11) is 3.51. The van der Waals surface area contributed by atoms with Crippen molar-refractivity contribution in [2.24, 2.45) is 14.1 Å². The van der Waals surface area contributed by atoms with Crippen LogP contribution in [0.4, 0.5) is 5.95 Å². The highest BCUT2D eigenvalue weighted by atomic mass is 16.2. The Bertz CT molecular complexity index is 1100. The van der Waals surface area contributed by atoms with Crippen LogP contribution in [-0.2, 0) is 20.6 Å². The van der Waals surface area contributed by atoms with E-state index in [2.05, 4.69) is 15.2 Å². The van der Waals surface area contributed by atoms with Crippen LogP contribution in [0.2, 0.25) is 0 Å². The number of benzene rings is 1. The van der Waals surface area contributed by atoms with Crippen molar-refractivity contribution in [3.63, 3.8) is 0 Å². The zero-order chi connectivity index (χ0) is 19.1. The van der Waals surface area contributed by atoms with Crippen LogP contribution >= 0.6 is 0 Å². The Balaban J connectivity index is 1.86. The number of hydrogen-bond donors (Lipinski definition) is 1. The van der Waals surface area contributed by atoms with E-state index in [1.54, 1.807) is 7.05 Å². The molecule has 3 aromatic rings. The van der Waals surface area contributed by atoms with Crippen LogP contribution in [0, 0.1) is 6.92 Å². The first kappa shape index (κ1) is 17.5. The summed E-state index contributed by atoms with van der Waals surface area (Å²) in [5.74, 6) is 0.728. The fourth-order valence-electron chi connectivity index (χ4n) is 3.60. The molecule has 0 saturated carbocycles. The molecule has 1 saturated heterocycles. The average molecular weight is 368 g/mol. The van der Waals surface area contributed by atoms with Crippen molar-refractivity contribution in [3.05, 3.63) is 56.2 Å². The van der Waals surface area contributed by atoms with Crippen molar-refractivity contribution < 1.29 is 0 Å². The molecule has 0 spiro atoms. The number of hydrogen-bond acceptors (Lipinski definition) is 5. The van der Waals surface area contributed by atoms with Crippen molar-refractivity contribution in [1.29, 1.82) is 0 Å². The molecule has 2 aromatic heterocycles. The molecule has 1 fully saturated rings. The van der Waals surface area contributed by atoms with Gasteiger partial charge in [-0.05, 0) is 12.5 Å². The molecular formula is C19H24N6O2. The molecule has 0 aliphatic carbocycles. The predicted octanol–water partition coefficient (Wildman–Crippen LogP) is 0.200. The van der Waals surface area contributed by atoms with E-state index in [1.165, 1.54) is 9.13 Å². The highest BCUT2D eigenvalue weighted by Gasteiger charge is 2.22. The molecule has 1 aliphatic rings. The van der Waals surface area contributed by atoms with Crippen LogP contribution in [0.1, 0.15) is 11.1 Å². The van der Waals surface area contributed by atoms with Gasteiger partial charge in [-0.25, -0.2) is 4.79 Å². The Morgan fingerprint density at radius 3 is 2.37 bits per heavy atom. The van der Waals surface area contributed by atoms with Crippen LogP contribution in [0.3, 0.4) is 0 Å². The average Bonchev–Trinajstić information content (AvgIpc) is 3.03. The summed E-state index contributed by atoms with van der Waals surface area (Å²) >= 11 is 0. The molecule has 0 unspecified atom stereocenters. The minimum Gasteiger partial charge on any atom is -0.340 e. The first-order chi connectivity index (χ1) is 13.0. The van der Waals surface area contributed by atoms with Gasteiger partial charge < -0.3 is 14.8 Å². The molecule has 0 radical (unpaired) electrons. The maximum atomic E-state index is 13.1. The number of nitrogens with zero attached hydrogens (tertiary/aromatic N) is 5. The molecule has 4 rings (SSSR count). The number of piperazine rings is 1. The van der Waals surface area contributed by atoms with E-state index >= 15 is 0 Å². The van der Waals surface area contributed by atoms with Crippen LogP contribution in [0.5, 0.6) is 0 Å². The zero-order valence-corrected chi connectivity index (χ0v) is 15.9. The lowest BCUT2D eigenvalue weighted by molar-refractivity contribution is 0.575. The summed E-state index contributed by atoms with van der Waals surface area (Å²) in [6.07, 6.45) is 0. The third-order valence-electron chi connectivity index (χ3n) is 5.20. The second-order valence-corrected chi connectivity index (χ2v) is 7.10. The molecular weight excluding hydrogens is 344 g/mol. The Kier molecular flexibility index (Phi) is 4.35. The summed E-state index contributed by atoms with van der Waals surface area (Å²) in [6, 6.07) is 7.85. The van der Waals surface area contributed by atoms with E-state index in [4.69, 9.17) is 0 Å². The van der Waals surface area contributed by atoms with E-state index in [0.29, 0.717) is 11.2 Å². The number of nitrogens with one attached hydrogen (secondary N) is 1. The van der Waals surface area contributed by atoms with E-state index in [0.717, 1.165) is 43.3 Å². The van der Waals surface area contributed by atoms with Gasteiger partial charge in [0.15, 0.2) is 11.2 Å². The van der Waals surface area contributed by atoms with Crippen molar-refractivity contribution in [2.45, 2.75) is 13.5 Å². The molecule has 0 amide bonds. The summed E-state index contributed by atoms with van der Waals surface area (Å²) in [5.41, 5.74) is 2.30. The summed E-state index contributed by atoms with van der Waals surface area (Å²) in [6.45, 7) is 5.65. The van der Waals surface area contributed by atoms with E-state index in [9.17, 15) is 9.59 Å². The van der Waals surface area contributed by atoms with Crippen molar-refractivity contribution in [1.82, 2.24) is 24.0 Å². The second-order valence-electron chi connectivity index (χ2n) is 7.10. The maximum absolute atomic E-state index is 13.1. The molecule has 8 nitrogen and oxygen atoms in total. The molecule has 1 aromatic carbocycles. The van der Waals surface area contributed by atoms with E-state index in [1.807, 2.05) is 42.8 Å². The summed E-state index contributed by atoms with van der Waals surface area (Å²) in [5, 5.41) is 3.31.